The monoisotopic (exact) mass is 1910 g/mol. The second-order valence-corrected chi connectivity index (χ2v) is 35.1. The van der Waals surface area contributed by atoms with Crippen LogP contribution in [0.5, 0.6) is 17.2 Å². The number of allylic oxidation sites excluding steroid dienone is 1. The second-order valence-electron chi connectivity index (χ2n) is 30.8. The normalized spacial score (nSPS) is 12.3. The molecule has 0 radical (unpaired) electrons. The molecule has 3 N–H and O–H groups in total. The number of hydrogen-bond acceptors (Lipinski definition) is 15. The van der Waals surface area contributed by atoms with Crippen LogP contribution >= 0.6 is 80.1 Å². The van der Waals surface area contributed by atoms with E-state index in [9.17, 15) is 9.90 Å². The first-order chi connectivity index (χ1) is 58.6. The molecule has 3 heterocycles. The molecule has 0 amide bonds. The molecule has 0 aliphatic carbocycles. The van der Waals surface area contributed by atoms with Crippen LogP contribution in [0.4, 0.5) is 17.1 Å². The van der Waals surface area contributed by atoms with Gasteiger partial charge in [-0.25, -0.2) is 0 Å². The van der Waals surface area contributed by atoms with Crippen LogP contribution in [0.3, 0.4) is 0 Å². The van der Waals surface area contributed by atoms with Gasteiger partial charge in [0.2, 0.25) is 0 Å². The summed E-state index contributed by atoms with van der Waals surface area (Å²) in [5, 5.41) is 22.4. The van der Waals surface area contributed by atoms with Crippen molar-refractivity contribution in [3.63, 3.8) is 0 Å². The molecule has 19 heteroatoms. The lowest BCUT2D eigenvalue weighted by Crippen LogP contribution is -2.35. The number of ether oxygens (including phenoxy) is 3. The van der Waals surface area contributed by atoms with E-state index >= 15 is 0 Å². The van der Waals surface area contributed by atoms with Crippen LogP contribution in [0, 0.1) is 7.14 Å². The summed E-state index contributed by atoms with van der Waals surface area (Å²) in [6.07, 6.45) is 8.62. The number of rotatable bonds is 37. The first-order valence-electron chi connectivity index (χ1n) is 42.8. The number of unbranched alkanes of at least 4 members (excludes halogenated alkanes) is 1. The van der Waals surface area contributed by atoms with E-state index in [1.807, 2.05) is 115 Å². The number of carbonyl (C=O) groups excluding carboxylic acids is 1. The lowest BCUT2D eigenvalue weighted by molar-refractivity contribution is 0.103. The summed E-state index contributed by atoms with van der Waals surface area (Å²) < 4.78 is 25.7. The SMILES string of the molecule is CC(C)NCC(O)COc1cccc2ccccc12.CC/C(=C(\c1ccccc1)c1ccc(OCCN(C)C)cc1)c1ccccc1.CCCCc1oc2ccccc2c1C(=O)c1cc(I)c(OCCN(CC)CC)c(I)c1.CCN(CC)CCCC(C)Nc1ccnc2cc(Cl)ccc12.CN(C)CCCN1c2ccccc2Sc2ccc(Cl)cc21. The van der Waals surface area contributed by atoms with Crippen molar-refractivity contribution < 1.29 is 28.5 Å². The summed E-state index contributed by atoms with van der Waals surface area (Å²) in [6.45, 7) is 31.0. The van der Waals surface area contributed by atoms with E-state index in [1.54, 1.807) is 0 Å². The fourth-order valence-corrected chi connectivity index (χ4v) is 17.8. The molecule has 0 bridgehead atoms. The molecule has 2 aromatic heterocycles. The fourth-order valence-electron chi connectivity index (χ4n) is 14.3. The van der Waals surface area contributed by atoms with E-state index in [2.05, 4.69) is 309 Å². The Labute approximate surface area is 762 Å². The largest absolute Gasteiger partial charge is 0.492 e. The van der Waals surface area contributed by atoms with Crippen LogP contribution in [0.15, 0.2) is 251 Å². The number of benzene rings is 10. The van der Waals surface area contributed by atoms with Gasteiger partial charge in [-0.05, 0) is 276 Å². The summed E-state index contributed by atoms with van der Waals surface area (Å²) in [6, 6.07) is 79.0. The number of para-hydroxylation sites is 2. The Morgan fingerprint density at radius 3 is 1.85 bits per heavy atom. The molecule has 2 atom stereocenters. The number of ketones is 1. The van der Waals surface area contributed by atoms with Crippen molar-refractivity contribution in [2.24, 2.45) is 0 Å². The maximum absolute atomic E-state index is 13.6. The Hall–Kier alpha value is -8.03. The van der Waals surface area contributed by atoms with Gasteiger partial charge in [0.15, 0.2) is 5.78 Å². The molecule has 1 aliphatic rings. The number of hydrogen-bond donors (Lipinski definition) is 3. The number of nitrogens with one attached hydrogen (secondary N) is 2. The minimum absolute atomic E-state index is 0.0153. The molecule has 121 heavy (non-hydrogen) atoms. The average molecular weight is 1910 g/mol. The Morgan fingerprint density at radius 1 is 0.570 bits per heavy atom. The van der Waals surface area contributed by atoms with Gasteiger partial charge in [0.25, 0.3) is 0 Å². The van der Waals surface area contributed by atoms with Crippen LogP contribution in [0.2, 0.25) is 10.0 Å². The number of nitrogens with zero attached hydrogens (tertiary/aromatic N) is 6. The van der Waals surface area contributed by atoms with Crippen LogP contribution in [0.25, 0.3) is 43.8 Å². The topological polar surface area (TPSA) is 131 Å². The maximum atomic E-state index is 13.6. The first-order valence-corrected chi connectivity index (χ1v) is 46.5. The van der Waals surface area contributed by atoms with Gasteiger partial charge < -0.3 is 58.9 Å². The van der Waals surface area contributed by atoms with Gasteiger partial charge in [0.1, 0.15) is 54.5 Å². The van der Waals surface area contributed by atoms with Gasteiger partial charge in [0.05, 0.1) is 29.6 Å². The van der Waals surface area contributed by atoms with Crippen LogP contribution in [0.1, 0.15) is 139 Å². The van der Waals surface area contributed by atoms with Crippen molar-refractivity contribution >= 4 is 147 Å². The zero-order valence-electron chi connectivity index (χ0n) is 73.0. The standard InChI is InChI=1S/C26H29NO.C25H29I2NO3.C18H26ClN3.C17H19ClN2S.C16H21NO2/c1-4-25(21-11-7-5-8-12-21)26(22-13-9-6-10-14-22)23-15-17-24(18-16-23)28-20-19-27(2)3;1-4-7-11-22-23(18-10-8-9-12-21(18)31-22)24(29)17-15-19(26)25(20(27)16-17)30-14-13-28(5-2)6-3;1-4-22(5-2)12-6-7-14(3)21-17-10-11-20-18-13-15(19)8-9-16(17)18;1-19(2)10-5-11-20-14-6-3-4-7-16(14)21-17-9-8-13(18)12-15(17)20;1-12(2)17-10-14(18)11-19-16-9-5-7-13-6-3-4-8-15(13)16/h5-18H,4,19-20H2,1-3H3;8-10,12,15-16H,4-7,11,13-14H2,1-3H3;8-11,13-14H,4-7,12H2,1-3H3,(H,20,21);3-4,6-9,12H,5,10-11H2,1-2H3;3-9,12,14,17-18H,10-11H2,1-2H3/b26-25-;;;;. The van der Waals surface area contributed by atoms with Crippen LogP contribution < -0.4 is 29.7 Å². The van der Waals surface area contributed by atoms with Gasteiger partial charge in [0, 0.05) is 98.1 Å². The average Bonchev–Trinajstić information content (AvgIpc) is 1.70. The van der Waals surface area contributed by atoms with E-state index in [0.29, 0.717) is 49.6 Å². The number of likely N-dealkylation sites (N-methyl/N-ethyl adjacent to an activating group) is 2. The highest BCUT2D eigenvalue weighted by Gasteiger charge is 2.26. The second kappa shape index (κ2) is 51.3. The highest BCUT2D eigenvalue weighted by Crippen LogP contribution is 2.49. The highest BCUT2D eigenvalue weighted by atomic mass is 127. The molecule has 0 saturated heterocycles. The van der Waals surface area contributed by atoms with Gasteiger partial charge in [-0.2, -0.15) is 0 Å². The summed E-state index contributed by atoms with van der Waals surface area (Å²) in [4.78, 5) is 32.1. The minimum atomic E-state index is -0.499. The number of anilines is 3. The Balaban J connectivity index is 0.000000174. The Morgan fingerprint density at radius 2 is 1.17 bits per heavy atom. The first kappa shape index (κ1) is 96.8. The van der Waals surface area contributed by atoms with E-state index in [-0.39, 0.29) is 5.78 Å². The molecule has 10 aromatic carbocycles. The van der Waals surface area contributed by atoms with Gasteiger partial charge in [-0.3, -0.25) is 9.78 Å². The fraction of sp³-hybridized carbons (Fsp3) is 0.353. The quantitative estimate of drug-likeness (QED) is 0.0194. The zero-order valence-corrected chi connectivity index (χ0v) is 79.6. The molecular formula is C102H124Cl2I2N8O6S. The number of furan rings is 1. The Kier molecular flexibility index (Phi) is 41.0. The van der Waals surface area contributed by atoms with Gasteiger partial charge in [-0.15, -0.1) is 0 Å². The lowest BCUT2D eigenvalue weighted by Gasteiger charge is -2.33. The van der Waals surface area contributed by atoms with Crippen molar-refractivity contribution in [2.45, 2.75) is 135 Å². The highest BCUT2D eigenvalue weighted by molar-refractivity contribution is 14.1. The predicted molar refractivity (Wildman–Crippen MR) is 531 cm³/mol. The number of aromatic nitrogens is 1. The number of halogens is 4. The zero-order chi connectivity index (χ0) is 86.6. The predicted octanol–water partition coefficient (Wildman–Crippen LogP) is 25.2. The molecular weight excluding hydrogens is 1790 g/mol. The van der Waals surface area contributed by atoms with E-state index in [1.165, 1.54) is 62.0 Å². The maximum Gasteiger partial charge on any atom is 0.197 e. The summed E-state index contributed by atoms with van der Waals surface area (Å²) in [7, 11) is 8.34. The third-order valence-corrected chi connectivity index (χ3v) is 24.1. The lowest BCUT2D eigenvalue weighted by atomic mass is 9.88. The van der Waals surface area contributed by atoms with E-state index in [4.69, 9.17) is 41.8 Å². The number of carbonyl (C=O) groups is 1. The summed E-state index contributed by atoms with van der Waals surface area (Å²) in [5.41, 5.74) is 13.1. The van der Waals surface area contributed by atoms with Crippen molar-refractivity contribution in [1.29, 1.82) is 0 Å². The number of aryl methyl sites for hydroxylation is 1. The number of aliphatic hydroxyl groups excluding tert-OH is 1. The van der Waals surface area contributed by atoms with E-state index in [0.717, 1.165) is 169 Å². The van der Waals surface area contributed by atoms with Gasteiger partial charge >= 0.3 is 0 Å². The Bertz CT molecular complexity index is 5140. The molecule has 13 rings (SSSR count). The molecule has 0 fully saturated rings. The van der Waals surface area contributed by atoms with Crippen molar-refractivity contribution in [3.8, 4) is 17.2 Å². The molecule has 0 saturated carbocycles. The molecule has 14 nitrogen and oxygen atoms in total. The smallest absolute Gasteiger partial charge is 0.197 e. The third kappa shape index (κ3) is 29.9. The summed E-state index contributed by atoms with van der Waals surface area (Å²) in [5.74, 6) is 3.39. The van der Waals surface area contributed by atoms with Crippen molar-refractivity contribution in [3.05, 3.63) is 287 Å². The molecule has 12 aromatic rings. The third-order valence-electron chi connectivity index (χ3n) is 20.9. The number of pyridine rings is 1. The minimum Gasteiger partial charge on any atom is -0.492 e. The van der Waals surface area contributed by atoms with Gasteiger partial charge in [-0.1, -0.05) is 236 Å². The molecule has 0 spiro atoms. The van der Waals surface area contributed by atoms with Crippen LogP contribution in [-0.2, 0) is 6.42 Å². The van der Waals surface area contributed by atoms with Crippen molar-refractivity contribution in [1.82, 2.24) is 29.9 Å². The van der Waals surface area contributed by atoms with Crippen LogP contribution in [-0.4, -0.2) is 167 Å². The molecule has 642 valence electrons. The van der Waals surface area contributed by atoms with Crippen molar-refractivity contribution in [2.75, 3.05) is 124 Å². The number of fused-ring (bicyclic) bond motifs is 5. The molecule has 2 unspecified atom stereocenters. The summed E-state index contributed by atoms with van der Waals surface area (Å²) >= 11 is 18.6. The number of aliphatic hydroxyl groups is 1. The van der Waals surface area contributed by atoms with E-state index < -0.39 is 6.10 Å². The molecule has 1 aliphatic heterocycles.